The Hall–Kier alpha value is -3.05. The molecule has 0 aliphatic rings. The quantitative estimate of drug-likeness (QED) is 0.751. The lowest BCUT2D eigenvalue weighted by atomic mass is 9.99. The van der Waals surface area contributed by atoms with Gasteiger partial charge in [0.2, 0.25) is 0 Å². The van der Waals surface area contributed by atoms with E-state index in [4.69, 9.17) is 16.2 Å². The number of aryl methyl sites for hydroxylation is 1. The van der Waals surface area contributed by atoms with Crippen molar-refractivity contribution in [1.82, 2.24) is 4.57 Å². The van der Waals surface area contributed by atoms with Crippen molar-refractivity contribution in [1.29, 1.82) is 0 Å². The highest BCUT2D eigenvalue weighted by Gasteiger charge is 2.22. The van der Waals surface area contributed by atoms with E-state index >= 15 is 0 Å². The predicted octanol–water partition coefficient (Wildman–Crippen LogP) is 2.59. The van der Waals surface area contributed by atoms with E-state index in [0.29, 0.717) is 11.3 Å². The van der Waals surface area contributed by atoms with Gasteiger partial charge in [-0.05, 0) is 17.7 Å². The molecule has 25 heavy (non-hydrogen) atoms. The molecule has 3 rings (SSSR count). The largest absolute Gasteiger partial charge is 0.481 e. The van der Waals surface area contributed by atoms with Crippen LogP contribution in [-0.2, 0) is 13.6 Å². The molecule has 1 heterocycles. The Labute approximate surface area is 146 Å². The molecule has 2 aromatic carbocycles. The van der Waals surface area contributed by atoms with Gasteiger partial charge in [0.25, 0.3) is 5.56 Å². The Morgan fingerprint density at radius 2 is 1.64 bits per heavy atom. The topological polar surface area (TPSA) is 83.3 Å². The molecule has 0 bridgehead atoms. The van der Waals surface area contributed by atoms with Crippen LogP contribution in [0.1, 0.15) is 22.8 Å². The summed E-state index contributed by atoms with van der Waals surface area (Å²) in [6.45, 7) is 0.0825. The van der Waals surface area contributed by atoms with Crippen molar-refractivity contribution in [2.45, 2.75) is 12.6 Å². The number of para-hydroxylation sites is 1. The Morgan fingerprint density at radius 1 is 1.04 bits per heavy atom. The zero-order valence-electron chi connectivity index (χ0n) is 14.1. The molecule has 0 spiro atoms. The van der Waals surface area contributed by atoms with Gasteiger partial charge in [0, 0.05) is 25.4 Å². The van der Waals surface area contributed by atoms with Gasteiger partial charge in [-0.2, -0.15) is 0 Å². The van der Waals surface area contributed by atoms with Crippen molar-refractivity contribution < 1.29 is 4.74 Å². The molecule has 0 saturated carbocycles. The molecular formula is C20H21N3O2. The summed E-state index contributed by atoms with van der Waals surface area (Å²) in [6.07, 6.45) is 1.28. The minimum atomic E-state index is -0.444. The second-order valence-electron chi connectivity index (χ2n) is 5.82. The van der Waals surface area contributed by atoms with Crippen LogP contribution in [0.3, 0.4) is 0 Å². The third-order valence-electron chi connectivity index (χ3n) is 4.13. The molecule has 0 amide bonds. The van der Waals surface area contributed by atoms with Gasteiger partial charge >= 0.3 is 0 Å². The summed E-state index contributed by atoms with van der Waals surface area (Å²) in [6, 6.07) is 19.3. The second-order valence-corrected chi connectivity index (χ2v) is 5.82. The van der Waals surface area contributed by atoms with Crippen molar-refractivity contribution >= 4 is 5.69 Å². The fourth-order valence-corrected chi connectivity index (χ4v) is 2.82. The Bertz CT molecular complexity index is 905. The van der Waals surface area contributed by atoms with Gasteiger partial charge in [0.05, 0.1) is 11.3 Å². The highest BCUT2D eigenvalue weighted by atomic mass is 16.5. The molecule has 0 aliphatic heterocycles. The summed E-state index contributed by atoms with van der Waals surface area (Å²) in [4.78, 5) is 12.3. The van der Waals surface area contributed by atoms with Gasteiger partial charge in [-0.15, -0.1) is 0 Å². The summed E-state index contributed by atoms with van der Waals surface area (Å²) in [5.41, 5.74) is 14.3. The van der Waals surface area contributed by atoms with Crippen molar-refractivity contribution in [3.63, 3.8) is 0 Å². The van der Waals surface area contributed by atoms with E-state index in [1.807, 2.05) is 60.7 Å². The first-order valence-corrected chi connectivity index (χ1v) is 8.06. The zero-order valence-corrected chi connectivity index (χ0v) is 14.1. The van der Waals surface area contributed by atoms with Crippen LogP contribution in [0.2, 0.25) is 0 Å². The van der Waals surface area contributed by atoms with Crippen LogP contribution in [-0.4, -0.2) is 4.57 Å². The van der Waals surface area contributed by atoms with Gasteiger partial charge < -0.3 is 20.8 Å². The third kappa shape index (κ3) is 3.41. The van der Waals surface area contributed by atoms with Crippen LogP contribution < -0.4 is 21.8 Å². The summed E-state index contributed by atoms with van der Waals surface area (Å²) in [5.74, 6) is 0.721. The van der Waals surface area contributed by atoms with Gasteiger partial charge in [0.15, 0.2) is 6.10 Å². The van der Waals surface area contributed by atoms with Gasteiger partial charge in [-0.1, -0.05) is 48.5 Å². The average molecular weight is 335 g/mol. The van der Waals surface area contributed by atoms with E-state index in [2.05, 4.69) is 0 Å². The number of anilines is 1. The molecule has 1 aromatic heterocycles. The Balaban J connectivity index is 2.15. The minimum absolute atomic E-state index is 0.0825. The smallest absolute Gasteiger partial charge is 0.256 e. The molecule has 5 nitrogen and oxygen atoms in total. The van der Waals surface area contributed by atoms with Crippen LogP contribution in [0, 0.1) is 0 Å². The highest BCUT2D eigenvalue weighted by Crippen LogP contribution is 2.32. The van der Waals surface area contributed by atoms with Crippen molar-refractivity contribution in [3.05, 3.63) is 93.9 Å². The number of nitrogens with zero attached hydrogens (tertiary/aromatic N) is 1. The van der Waals surface area contributed by atoms with Crippen molar-refractivity contribution in [2.75, 3.05) is 5.73 Å². The van der Waals surface area contributed by atoms with E-state index in [-0.39, 0.29) is 12.1 Å². The lowest BCUT2D eigenvalue weighted by molar-refractivity contribution is 0.247. The molecule has 5 heteroatoms. The number of pyridine rings is 1. The summed E-state index contributed by atoms with van der Waals surface area (Å²) in [5, 5.41) is 0. The highest BCUT2D eigenvalue weighted by molar-refractivity contribution is 5.55. The van der Waals surface area contributed by atoms with Gasteiger partial charge in [0.1, 0.15) is 5.75 Å². The molecule has 4 N–H and O–H groups in total. The van der Waals surface area contributed by atoms with Crippen LogP contribution >= 0.6 is 0 Å². The van der Waals surface area contributed by atoms with E-state index in [0.717, 1.165) is 16.9 Å². The lowest BCUT2D eigenvalue weighted by Crippen LogP contribution is -2.27. The first kappa shape index (κ1) is 16.8. The van der Waals surface area contributed by atoms with Crippen LogP contribution in [0.4, 0.5) is 5.69 Å². The monoisotopic (exact) mass is 335 g/mol. The standard InChI is InChI=1S/C20H21N3O2/c1-23-13-17(18(22)16(12-21)20(23)24)19(14-8-4-2-5-9-14)25-15-10-6-3-7-11-15/h2-11,13,19H,12,21-22H2,1H3. The first-order valence-electron chi connectivity index (χ1n) is 8.06. The van der Waals surface area contributed by atoms with Crippen molar-refractivity contribution in [3.8, 4) is 5.75 Å². The summed E-state index contributed by atoms with van der Waals surface area (Å²) in [7, 11) is 1.69. The number of nitrogen functional groups attached to an aromatic ring is 1. The maximum atomic E-state index is 12.3. The molecule has 128 valence electrons. The number of ether oxygens (including phenoxy) is 1. The average Bonchev–Trinajstić information content (AvgIpc) is 2.65. The molecule has 0 fully saturated rings. The third-order valence-corrected chi connectivity index (χ3v) is 4.13. The number of hydrogen-bond acceptors (Lipinski definition) is 4. The SMILES string of the molecule is Cn1cc(C(Oc2ccccc2)c2ccccc2)c(N)c(CN)c1=O. The van der Waals surface area contributed by atoms with Crippen LogP contribution in [0.15, 0.2) is 71.7 Å². The normalized spacial score (nSPS) is 11.9. The number of hydrogen-bond donors (Lipinski definition) is 2. The summed E-state index contributed by atoms with van der Waals surface area (Å²) < 4.78 is 7.72. The maximum absolute atomic E-state index is 12.3. The second kappa shape index (κ2) is 7.23. The Morgan fingerprint density at radius 3 is 2.24 bits per heavy atom. The fraction of sp³-hybridized carbons (Fsp3) is 0.150. The molecule has 0 saturated heterocycles. The maximum Gasteiger partial charge on any atom is 0.256 e. The van der Waals surface area contributed by atoms with Crippen LogP contribution in [0.25, 0.3) is 0 Å². The molecule has 3 aromatic rings. The minimum Gasteiger partial charge on any atom is -0.481 e. The number of aromatic nitrogens is 1. The fourth-order valence-electron chi connectivity index (χ4n) is 2.82. The van der Waals surface area contributed by atoms with E-state index in [1.165, 1.54) is 4.57 Å². The molecule has 1 atom stereocenters. The number of rotatable bonds is 5. The van der Waals surface area contributed by atoms with Gasteiger partial charge in [-0.25, -0.2) is 0 Å². The number of benzene rings is 2. The van der Waals surface area contributed by atoms with Gasteiger partial charge in [-0.3, -0.25) is 4.79 Å². The van der Waals surface area contributed by atoms with E-state index in [1.54, 1.807) is 13.2 Å². The molecular weight excluding hydrogens is 314 g/mol. The summed E-state index contributed by atoms with van der Waals surface area (Å²) >= 11 is 0. The van der Waals surface area contributed by atoms with E-state index < -0.39 is 6.10 Å². The van der Waals surface area contributed by atoms with Crippen molar-refractivity contribution in [2.24, 2.45) is 12.8 Å². The molecule has 1 unspecified atom stereocenters. The first-order chi connectivity index (χ1) is 12.1. The molecule has 0 radical (unpaired) electrons. The number of nitrogens with two attached hydrogens (primary N) is 2. The molecule has 0 aliphatic carbocycles. The van der Waals surface area contributed by atoms with E-state index in [9.17, 15) is 4.79 Å². The Kier molecular flexibility index (Phi) is 4.86. The predicted molar refractivity (Wildman–Crippen MR) is 99.3 cm³/mol. The lowest BCUT2D eigenvalue weighted by Gasteiger charge is -2.23. The van der Waals surface area contributed by atoms with Crippen LogP contribution in [0.5, 0.6) is 5.75 Å². The zero-order chi connectivity index (χ0) is 17.8.